The summed E-state index contributed by atoms with van der Waals surface area (Å²) in [6.07, 6.45) is 2.84. The van der Waals surface area contributed by atoms with Gasteiger partial charge in [0.2, 0.25) is 0 Å². The number of nitrogens with one attached hydrogen (secondary N) is 1. The summed E-state index contributed by atoms with van der Waals surface area (Å²) in [5.74, 6) is -0.255. The maximum absolute atomic E-state index is 13.6. The van der Waals surface area contributed by atoms with E-state index in [1.54, 1.807) is 12.1 Å². The van der Waals surface area contributed by atoms with Gasteiger partial charge in [-0.15, -0.1) is 0 Å². The second kappa shape index (κ2) is 6.39. The molecule has 2 aliphatic rings. The average Bonchev–Trinajstić information content (AvgIpc) is 3.27. The molecule has 1 aliphatic heterocycles. The molecule has 3 nitrogen and oxygen atoms in total. The van der Waals surface area contributed by atoms with Gasteiger partial charge in [0.15, 0.2) is 0 Å². The molecule has 1 aromatic rings. The lowest BCUT2D eigenvalue weighted by Crippen LogP contribution is -2.47. The van der Waals surface area contributed by atoms with Crippen molar-refractivity contribution in [3.63, 3.8) is 0 Å². The van der Waals surface area contributed by atoms with E-state index in [0.717, 1.165) is 32.3 Å². The van der Waals surface area contributed by atoms with Gasteiger partial charge >= 0.3 is 0 Å². The molecule has 1 atom stereocenters. The number of benzene rings is 1. The predicted octanol–water partition coefficient (Wildman–Crippen LogP) is 2.43. The Balaban J connectivity index is 1.47. The molecule has 1 saturated heterocycles. The van der Waals surface area contributed by atoms with Crippen LogP contribution in [0.2, 0.25) is 5.02 Å². The van der Waals surface area contributed by atoms with Crippen molar-refractivity contribution < 1.29 is 9.13 Å². The number of rotatable bonds is 5. The molecular weight excluding hydrogens is 279 g/mol. The Morgan fingerprint density at radius 3 is 3.00 bits per heavy atom. The fraction of sp³-hybridized carbons (Fsp3) is 0.600. The second-order valence-electron chi connectivity index (χ2n) is 5.55. The van der Waals surface area contributed by atoms with Crippen molar-refractivity contribution in [1.29, 1.82) is 0 Å². The van der Waals surface area contributed by atoms with Gasteiger partial charge in [-0.2, -0.15) is 0 Å². The molecule has 20 heavy (non-hydrogen) atoms. The van der Waals surface area contributed by atoms with Crippen LogP contribution in [0.15, 0.2) is 18.2 Å². The van der Waals surface area contributed by atoms with Crippen molar-refractivity contribution in [3.8, 4) is 0 Å². The second-order valence-corrected chi connectivity index (χ2v) is 5.96. The smallest absolute Gasteiger partial charge is 0.129 e. The molecule has 0 radical (unpaired) electrons. The summed E-state index contributed by atoms with van der Waals surface area (Å²) in [4.78, 5) is 2.51. The highest BCUT2D eigenvalue weighted by Gasteiger charge is 2.32. The minimum atomic E-state index is -0.255. The molecule has 5 heteroatoms. The molecule has 0 bridgehead atoms. The molecule has 1 unspecified atom stereocenters. The molecule has 110 valence electrons. The third kappa shape index (κ3) is 3.50. The number of morpholine rings is 1. The van der Waals surface area contributed by atoms with Gasteiger partial charge in [0.05, 0.1) is 12.7 Å². The highest BCUT2D eigenvalue weighted by molar-refractivity contribution is 6.31. The van der Waals surface area contributed by atoms with E-state index in [0.29, 0.717) is 17.1 Å². The molecule has 1 aromatic carbocycles. The topological polar surface area (TPSA) is 24.5 Å². The van der Waals surface area contributed by atoms with Crippen LogP contribution in [-0.2, 0) is 11.3 Å². The lowest BCUT2D eigenvalue weighted by Gasteiger charge is -2.33. The number of halogens is 2. The molecule has 1 heterocycles. The predicted molar refractivity (Wildman–Crippen MR) is 77.5 cm³/mol. The zero-order valence-electron chi connectivity index (χ0n) is 11.4. The van der Waals surface area contributed by atoms with E-state index >= 15 is 0 Å². The summed E-state index contributed by atoms with van der Waals surface area (Å²) >= 11 is 6.00. The highest BCUT2D eigenvalue weighted by Crippen LogP contribution is 2.28. The number of hydrogen-bond acceptors (Lipinski definition) is 3. The maximum atomic E-state index is 13.6. The molecule has 0 amide bonds. The normalized spacial score (nSPS) is 24.0. The highest BCUT2D eigenvalue weighted by atomic mass is 35.5. The van der Waals surface area contributed by atoms with E-state index in [1.807, 2.05) is 0 Å². The summed E-state index contributed by atoms with van der Waals surface area (Å²) in [5.41, 5.74) is 0.532. The summed E-state index contributed by atoms with van der Waals surface area (Å²) < 4.78 is 19.4. The van der Waals surface area contributed by atoms with Gasteiger partial charge in [-0.25, -0.2) is 4.39 Å². The van der Waals surface area contributed by atoms with Gasteiger partial charge in [-0.3, -0.25) is 4.90 Å². The van der Waals surface area contributed by atoms with E-state index in [1.165, 1.54) is 18.9 Å². The fourth-order valence-corrected chi connectivity index (χ4v) is 2.93. The zero-order valence-corrected chi connectivity index (χ0v) is 12.2. The van der Waals surface area contributed by atoms with Gasteiger partial charge in [-0.1, -0.05) is 17.7 Å². The van der Waals surface area contributed by atoms with E-state index in [4.69, 9.17) is 16.3 Å². The first-order chi connectivity index (χ1) is 9.74. The Morgan fingerprint density at radius 2 is 2.25 bits per heavy atom. The van der Waals surface area contributed by atoms with Crippen LogP contribution in [0.4, 0.5) is 4.39 Å². The first-order valence-electron chi connectivity index (χ1n) is 7.23. The van der Waals surface area contributed by atoms with Crippen LogP contribution in [0.3, 0.4) is 0 Å². The Hall–Kier alpha value is -0.680. The largest absolute Gasteiger partial charge is 0.374 e. The molecule has 0 spiro atoms. The van der Waals surface area contributed by atoms with E-state index in [9.17, 15) is 4.39 Å². The van der Waals surface area contributed by atoms with E-state index < -0.39 is 0 Å². The van der Waals surface area contributed by atoms with Gasteiger partial charge in [0, 0.05) is 42.8 Å². The summed E-state index contributed by atoms with van der Waals surface area (Å²) in [7, 11) is 0. The summed E-state index contributed by atoms with van der Waals surface area (Å²) in [5, 5.41) is 3.73. The minimum absolute atomic E-state index is 0.190. The van der Waals surface area contributed by atoms with Crippen LogP contribution >= 0.6 is 11.6 Å². The molecular formula is C15H20ClFN2O. The standard InChI is InChI=1S/C15H20ClFN2O/c16-14-2-1-3-15(17)13(14)9-18-8-12-10-19(6-7-20-12)11-4-5-11/h1-3,11-12,18H,4-10H2. The Bertz CT molecular complexity index is 447. The zero-order chi connectivity index (χ0) is 13.9. The van der Waals surface area contributed by atoms with Gasteiger partial charge in [-0.05, 0) is 25.0 Å². The van der Waals surface area contributed by atoms with Crippen LogP contribution < -0.4 is 5.32 Å². The molecule has 1 N–H and O–H groups in total. The Labute approximate surface area is 124 Å². The van der Waals surface area contributed by atoms with Crippen LogP contribution in [0, 0.1) is 5.82 Å². The first-order valence-corrected chi connectivity index (χ1v) is 7.61. The number of ether oxygens (including phenoxy) is 1. The van der Waals surface area contributed by atoms with Crippen molar-refractivity contribution in [2.75, 3.05) is 26.2 Å². The lowest BCUT2D eigenvalue weighted by atomic mass is 10.2. The maximum Gasteiger partial charge on any atom is 0.129 e. The molecule has 0 aromatic heterocycles. The first kappa shape index (κ1) is 14.3. The summed E-state index contributed by atoms with van der Waals surface area (Å²) in [6.45, 7) is 3.98. The third-order valence-electron chi connectivity index (χ3n) is 3.97. The molecule has 1 aliphatic carbocycles. The van der Waals surface area contributed by atoms with Crippen LogP contribution in [0.25, 0.3) is 0 Å². The van der Waals surface area contributed by atoms with Gasteiger partial charge in [0.1, 0.15) is 5.82 Å². The average molecular weight is 299 g/mol. The van der Waals surface area contributed by atoms with Gasteiger partial charge in [0.25, 0.3) is 0 Å². The minimum Gasteiger partial charge on any atom is -0.374 e. The van der Waals surface area contributed by atoms with Crippen molar-refractivity contribution in [2.24, 2.45) is 0 Å². The van der Waals surface area contributed by atoms with Crippen molar-refractivity contribution in [3.05, 3.63) is 34.6 Å². The third-order valence-corrected chi connectivity index (χ3v) is 4.32. The van der Waals surface area contributed by atoms with E-state index in [-0.39, 0.29) is 11.9 Å². The van der Waals surface area contributed by atoms with Gasteiger partial charge < -0.3 is 10.1 Å². The van der Waals surface area contributed by atoms with E-state index in [2.05, 4.69) is 10.2 Å². The lowest BCUT2D eigenvalue weighted by molar-refractivity contribution is -0.0301. The Kier molecular flexibility index (Phi) is 4.56. The van der Waals surface area contributed by atoms with Crippen molar-refractivity contribution in [1.82, 2.24) is 10.2 Å². The summed E-state index contributed by atoms with van der Waals surface area (Å²) in [6, 6.07) is 5.56. The number of nitrogens with zero attached hydrogens (tertiary/aromatic N) is 1. The van der Waals surface area contributed by atoms with Crippen molar-refractivity contribution >= 4 is 11.6 Å². The molecule has 3 rings (SSSR count). The Morgan fingerprint density at radius 1 is 1.40 bits per heavy atom. The number of hydrogen-bond donors (Lipinski definition) is 1. The van der Waals surface area contributed by atoms with Crippen LogP contribution in [0.5, 0.6) is 0 Å². The van der Waals surface area contributed by atoms with Crippen molar-refractivity contribution in [2.45, 2.75) is 31.5 Å². The molecule has 1 saturated carbocycles. The fourth-order valence-electron chi connectivity index (χ4n) is 2.70. The quantitative estimate of drug-likeness (QED) is 0.903. The molecule has 2 fully saturated rings. The monoisotopic (exact) mass is 298 g/mol. The van der Waals surface area contributed by atoms with Crippen LogP contribution in [-0.4, -0.2) is 43.3 Å². The SMILES string of the molecule is Fc1cccc(Cl)c1CNCC1CN(C2CC2)CCO1. The van der Waals surface area contributed by atoms with Crippen LogP contribution in [0.1, 0.15) is 18.4 Å².